The van der Waals surface area contributed by atoms with Crippen molar-refractivity contribution < 1.29 is 0 Å². The summed E-state index contributed by atoms with van der Waals surface area (Å²) >= 11 is 0. The van der Waals surface area contributed by atoms with Gasteiger partial charge in [-0.3, -0.25) is 4.99 Å². The summed E-state index contributed by atoms with van der Waals surface area (Å²) in [7, 11) is 0. The Labute approximate surface area is 56.2 Å². The maximum Gasteiger partial charge on any atom is 0.0965 e. The SMILES string of the molecule is C[C@H]1CN=C(N)[C@H](C)C1. The first kappa shape index (κ1) is 6.59. The topological polar surface area (TPSA) is 38.4 Å². The van der Waals surface area contributed by atoms with Crippen LogP contribution in [0.3, 0.4) is 0 Å². The first-order chi connectivity index (χ1) is 4.20. The van der Waals surface area contributed by atoms with Crippen molar-refractivity contribution in [3.63, 3.8) is 0 Å². The van der Waals surface area contributed by atoms with E-state index in [1.165, 1.54) is 6.42 Å². The Morgan fingerprint density at radius 2 is 2.22 bits per heavy atom. The Morgan fingerprint density at radius 3 is 2.67 bits per heavy atom. The van der Waals surface area contributed by atoms with Gasteiger partial charge in [0.2, 0.25) is 0 Å². The third-order valence-electron chi connectivity index (χ3n) is 1.85. The summed E-state index contributed by atoms with van der Waals surface area (Å²) in [6.07, 6.45) is 1.20. The van der Waals surface area contributed by atoms with Crippen LogP contribution in [-0.2, 0) is 0 Å². The highest BCUT2D eigenvalue weighted by Crippen LogP contribution is 2.16. The lowest BCUT2D eigenvalue weighted by Gasteiger charge is -2.20. The van der Waals surface area contributed by atoms with Gasteiger partial charge in [0.1, 0.15) is 0 Å². The molecule has 0 aromatic rings. The molecule has 0 aliphatic carbocycles. The van der Waals surface area contributed by atoms with Crippen LogP contribution in [0.1, 0.15) is 20.3 Å². The van der Waals surface area contributed by atoms with E-state index in [1.807, 2.05) is 0 Å². The molecule has 1 aliphatic rings. The third-order valence-corrected chi connectivity index (χ3v) is 1.85. The minimum atomic E-state index is 0.508. The molecule has 1 heterocycles. The quantitative estimate of drug-likeness (QED) is 0.517. The molecule has 0 aromatic heterocycles. The maximum atomic E-state index is 5.59. The van der Waals surface area contributed by atoms with Crippen molar-refractivity contribution in [2.45, 2.75) is 20.3 Å². The lowest BCUT2D eigenvalue weighted by Crippen LogP contribution is -2.28. The summed E-state index contributed by atoms with van der Waals surface area (Å²) < 4.78 is 0. The van der Waals surface area contributed by atoms with Gasteiger partial charge in [-0.1, -0.05) is 13.8 Å². The highest BCUT2D eigenvalue weighted by Gasteiger charge is 2.16. The van der Waals surface area contributed by atoms with Gasteiger partial charge in [0.25, 0.3) is 0 Å². The second-order valence-corrected chi connectivity index (χ2v) is 3.01. The Kier molecular flexibility index (Phi) is 1.74. The van der Waals surface area contributed by atoms with E-state index in [4.69, 9.17) is 5.73 Å². The first-order valence-electron chi connectivity index (χ1n) is 3.50. The summed E-state index contributed by atoms with van der Waals surface area (Å²) in [5.74, 6) is 2.08. The molecule has 0 radical (unpaired) electrons. The van der Waals surface area contributed by atoms with Gasteiger partial charge >= 0.3 is 0 Å². The molecule has 0 amide bonds. The summed E-state index contributed by atoms with van der Waals surface area (Å²) in [4.78, 5) is 4.19. The van der Waals surface area contributed by atoms with Gasteiger partial charge in [0, 0.05) is 12.5 Å². The van der Waals surface area contributed by atoms with E-state index < -0.39 is 0 Å². The van der Waals surface area contributed by atoms with E-state index in [2.05, 4.69) is 18.8 Å². The second kappa shape index (κ2) is 2.38. The highest BCUT2D eigenvalue weighted by molar-refractivity contribution is 5.82. The summed E-state index contributed by atoms with van der Waals surface area (Å²) in [6.45, 7) is 5.27. The number of aliphatic imine (C=N–C) groups is 1. The van der Waals surface area contributed by atoms with Gasteiger partial charge in [0.05, 0.1) is 5.84 Å². The summed E-state index contributed by atoms with van der Waals surface area (Å²) in [5, 5.41) is 0. The molecule has 0 fully saturated rings. The molecule has 0 saturated heterocycles. The number of rotatable bonds is 0. The van der Waals surface area contributed by atoms with Crippen molar-refractivity contribution in [3.8, 4) is 0 Å². The van der Waals surface area contributed by atoms with Gasteiger partial charge in [0.15, 0.2) is 0 Å². The number of nitrogens with two attached hydrogens (primary N) is 1. The standard InChI is InChI=1S/C7H14N2/c1-5-3-6(2)7(8)9-4-5/h5-6H,3-4H2,1-2H3,(H2,8,9)/t5-,6-/m1/s1. The molecule has 2 N–H and O–H groups in total. The maximum absolute atomic E-state index is 5.59. The van der Waals surface area contributed by atoms with Crippen molar-refractivity contribution in [2.24, 2.45) is 22.6 Å². The highest BCUT2D eigenvalue weighted by atomic mass is 14.9. The molecule has 0 unspecified atom stereocenters. The van der Waals surface area contributed by atoms with Gasteiger partial charge in [-0.05, 0) is 12.3 Å². The average Bonchev–Trinajstić information content (AvgIpc) is 1.80. The number of hydrogen-bond acceptors (Lipinski definition) is 2. The minimum absolute atomic E-state index is 0.508. The lowest BCUT2D eigenvalue weighted by atomic mass is 9.94. The molecule has 0 spiro atoms. The average molecular weight is 126 g/mol. The van der Waals surface area contributed by atoms with Gasteiger partial charge in [-0.25, -0.2) is 0 Å². The summed E-state index contributed by atoms with van der Waals surface area (Å²) in [5.41, 5.74) is 5.59. The zero-order chi connectivity index (χ0) is 6.85. The van der Waals surface area contributed by atoms with Crippen LogP contribution >= 0.6 is 0 Å². The fourth-order valence-corrected chi connectivity index (χ4v) is 1.22. The predicted molar refractivity (Wildman–Crippen MR) is 39.4 cm³/mol. The molecule has 2 atom stereocenters. The molecule has 1 rings (SSSR count). The Bertz CT molecular complexity index is 129. The van der Waals surface area contributed by atoms with Crippen molar-refractivity contribution in [2.75, 3.05) is 6.54 Å². The molecular formula is C7H14N2. The van der Waals surface area contributed by atoms with Crippen LogP contribution < -0.4 is 5.73 Å². The van der Waals surface area contributed by atoms with Gasteiger partial charge in [-0.2, -0.15) is 0 Å². The molecule has 0 saturated carbocycles. The van der Waals surface area contributed by atoms with Crippen LogP contribution in [-0.4, -0.2) is 12.4 Å². The van der Waals surface area contributed by atoms with Crippen molar-refractivity contribution in [1.29, 1.82) is 0 Å². The molecule has 0 bridgehead atoms. The molecule has 9 heavy (non-hydrogen) atoms. The fraction of sp³-hybridized carbons (Fsp3) is 0.857. The largest absolute Gasteiger partial charge is 0.387 e. The molecule has 2 heteroatoms. The molecule has 2 nitrogen and oxygen atoms in total. The van der Waals surface area contributed by atoms with Gasteiger partial charge in [-0.15, -0.1) is 0 Å². The Hall–Kier alpha value is -0.530. The van der Waals surface area contributed by atoms with Crippen LogP contribution in [0.25, 0.3) is 0 Å². The van der Waals surface area contributed by atoms with Crippen LogP contribution in [0, 0.1) is 11.8 Å². The van der Waals surface area contributed by atoms with E-state index in [1.54, 1.807) is 0 Å². The van der Waals surface area contributed by atoms with E-state index >= 15 is 0 Å². The zero-order valence-electron chi connectivity index (χ0n) is 6.09. The van der Waals surface area contributed by atoms with E-state index in [0.29, 0.717) is 5.92 Å². The summed E-state index contributed by atoms with van der Waals surface area (Å²) in [6, 6.07) is 0. The van der Waals surface area contributed by atoms with Crippen molar-refractivity contribution in [3.05, 3.63) is 0 Å². The first-order valence-corrected chi connectivity index (χ1v) is 3.50. The van der Waals surface area contributed by atoms with Crippen LogP contribution in [0.5, 0.6) is 0 Å². The third kappa shape index (κ3) is 1.44. The van der Waals surface area contributed by atoms with Crippen LogP contribution in [0.15, 0.2) is 4.99 Å². The van der Waals surface area contributed by atoms with Crippen molar-refractivity contribution in [1.82, 2.24) is 0 Å². The van der Waals surface area contributed by atoms with E-state index in [9.17, 15) is 0 Å². The molecular weight excluding hydrogens is 112 g/mol. The minimum Gasteiger partial charge on any atom is -0.387 e. The zero-order valence-corrected chi connectivity index (χ0v) is 6.09. The smallest absolute Gasteiger partial charge is 0.0965 e. The fourth-order valence-electron chi connectivity index (χ4n) is 1.22. The van der Waals surface area contributed by atoms with Crippen LogP contribution in [0.2, 0.25) is 0 Å². The van der Waals surface area contributed by atoms with Crippen molar-refractivity contribution >= 4 is 5.84 Å². The van der Waals surface area contributed by atoms with E-state index in [0.717, 1.165) is 18.3 Å². The van der Waals surface area contributed by atoms with E-state index in [-0.39, 0.29) is 0 Å². The number of nitrogens with zero attached hydrogens (tertiary/aromatic N) is 1. The van der Waals surface area contributed by atoms with Gasteiger partial charge < -0.3 is 5.73 Å². The molecule has 52 valence electrons. The molecule has 0 aromatic carbocycles. The second-order valence-electron chi connectivity index (χ2n) is 3.01. The lowest BCUT2D eigenvalue weighted by molar-refractivity contribution is 0.465. The Morgan fingerprint density at radius 1 is 1.56 bits per heavy atom. The number of hydrogen-bond donors (Lipinski definition) is 1. The normalized spacial score (nSPS) is 36.0. The predicted octanol–water partition coefficient (Wildman–Crippen LogP) is 1.02. The molecule has 1 aliphatic heterocycles. The monoisotopic (exact) mass is 126 g/mol. The Balaban J connectivity index is 2.56. The number of amidine groups is 1. The van der Waals surface area contributed by atoms with Crippen LogP contribution in [0.4, 0.5) is 0 Å².